The van der Waals surface area contributed by atoms with E-state index in [1.54, 1.807) is 0 Å². The van der Waals surface area contributed by atoms with Gasteiger partial charge in [0.1, 0.15) is 0 Å². The van der Waals surface area contributed by atoms with Crippen LogP contribution in [0, 0.1) is 5.92 Å². The third-order valence-electron chi connectivity index (χ3n) is 3.19. The summed E-state index contributed by atoms with van der Waals surface area (Å²) in [6, 6.07) is 0.547. The summed E-state index contributed by atoms with van der Waals surface area (Å²) >= 11 is 1.53. The first-order valence-electron chi connectivity index (χ1n) is 5.87. The van der Waals surface area contributed by atoms with Gasteiger partial charge in [-0.2, -0.15) is 0 Å². The Bertz CT molecular complexity index is 388. The molecule has 2 unspecified atom stereocenters. The lowest BCUT2D eigenvalue weighted by Crippen LogP contribution is -2.26. The zero-order chi connectivity index (χ0) is 11.7. The Morgan fingerprint density at radius 3 is 2.75 bits per heavy atom. The molecule has 0 saturated carbocycles. The second kappa shape index (κ2) is 4.53. The van der Waals surface area contributed by atoms with Crippen LogP contribution >= 0.6 is 11.3 Å². The van der Waals surface area contributed by atoms with Crippen LogP contribution in [0.5, 0.6) is 0 Å². The molecule has 1 aliphatic heterocycles. The van der Waals surface area contributed by atoms with E-state index in [4.69, 9.17) is 0 Å². The number of aldehydes is 1. The molecule has 1 saturated heterocycles. The standard InChI is InChI=1S/C12H18N2OS/c1-4-10-11(7-15)16-12(13-10)14-6-8(2)5-9(14)3/h7-9H,4-6H2,1-3H3. The lowest BCUT2D eigenvalue weighted by molar-refractivity contribution is 0.112. The van der Waals surface area contributed by atoms with Crippen LogP contribution in [0.25, 0.3) is 0 Å². The van der Waals surface area contributed by atoms with E-state index in [0.717, 1.165) is 40.9 Å². The summed E-state index contributed by atoms with van der Waals surface area (Å²) in [6.07, 6.45) is 2.99. The maximum atomic E-state index is 10.9. The molecule has 0 aliphatic carbocycles. The minimum Gasteiger partial charge on any atom is -0.345 e. The summed E-state index contributed by atoms with van der Waals surface area (Å²) < 4.78 is 0. The highest BCUT2D eigenvalue weighted by Crippen LogP contribution is 2.33. The number of nitrogens with zero attached hydrogens (tertiary/aromatic N) is 2. The van der Waals surface area contributed by atoms with Gasteiger partial charge in [-0.1, -0.05) is 25.2 Å². The first kappa shape index (κ1) is 11.6. The van der Waals surface area contributed by atoms with Gasteiger partial charge < -0.3 is 4.90 Å². The van der Waals surface area contributed by atoms with Gasteiger partial charge in [-0.15, -0.1) is 0 Å². The van der Waals surface area contributed by atoms with Gasteiger partial charge in [-0.3, -0.25) is 4.79 Å². The SMILES string of the molecule is CCc1nc(N2CC(C)CC2C)sc1C=O. The van der Waals surface area contributed by atoms with E-state index in [2.05, 4.69) is 23.7 Å². The topological polar surface area (TPSA) is 33.2 Å². The van der Waals surface area contributed by atoms with Crippen molar-refractivity contribution < 1.29 is 4.79 Å². The average molecular weight is 238 g/mol. The van der Waals surface area contributed by atoms with Crippen LogP contribution in [0.3, 0.4) is 0 Å². The maximum absolute atomic E-state index is 10.9. The quantitative estimate of drug-likeness (QED) is 0.759. The van der Waals surface area contributed by atoms with Crippen molar-refractivity contribution in [2.24, 2.45) is 5.92 Å². The Labute approximate surface area is 100 Å². The number of carbonyl (C=O) groups excluding carboxylic acids is 1. The third-order valence-corrected chi connectivity index (χ3v) is 4.25. The Kier molecular flexibility index (Phi) is 3.28. The van der Waals surface area contributed by atoms with E-state index in [0.29, 0.717) is 6.04 Å². The molecule has 4 heteroatoms. The monoisotopic (exact) mass is 238 g/mol. The Hall–Kier alpha value is -0.900. The first-order chi connectivity index (χ1) is 7.65. The summed E-state index contributed by atoms with van der Waals surface area (Å²) in [4.78, 5) is 18.6. The molecule has 88 valence electrons. The molecule has 16 heavy (non-hydrogen) atoms. The zero-order valence-electron chi connectivity index (χ0n) is 10.1. The van der Waals surface area contributed by atoms with Crippen LogP contribution in [0.15, 0.2) is 0 Å². The summed E-state index contributed by atoms with van der Waals surface area (Å²) in [5.74, 6) is 0.726. The van der Waals surface area contributed by atoms with Gasteiger partial charge >= 0.3 is 0 Å². The van der Waals surface area contributed by atoms with Gasteiger partial charge in [-0.05, 0) is 25.7 Å². The number of hydrogen-bond acceptors (Lipinski definition) is 4. The average Bonchev–Trinajstić information content (AvgIpc) is 2.81. The van der Waals surface area contributed by atoms with Crippen molar-refractivity contribution in [3.63, 3.8) is 0 Å². The molecule has 1 aliphatic rings. The molecule has 2 rings (SSSR count). The van der Waals surface area contributed by atoms with Gasteiger partial charge in [0.2, 0.25) is 0 Å². The zero-order valence-corrected chi connectivity index (χ0v) is 10.9. The van der Waals surface area contributed by atoms with E-state index < -0.39 is 0 Å². The largest absolute Gasteiger partial charge is 0.345 e. The second-order valence-electron chi connectivity index (χ2n) is 4.62. The van der Waals surface area contributed by atoms with Crippen molar-refractivity contribution in [3.8, 4) is 0 Å². The maximum Gasteiger partial charge on any atom is 0.186 e. The number of thiazole rings is 1. The number of aromatic nitrogens is 1. The van der Waals surface area contributed by atoms with Gasteiger partial charge in [0.15, 0.2) is 11.4 Å². The predicted octanol–water partition coefficient (Wildman–Crippen LogP) is 2.75. The number of hydrogen-bond donors (Lipinski definition) is 0. The van der Waals surface area contributed by atoms with E-state index >= 15 is 0 Å². The van der Waals surface area contributed by atoms with Crippen molar-refractivity contribution in [2.45, 2.75) is 39.7 Å². The summed E-state index contributed by atoms with van der Waals surface area (Å²) in [7, 11) is 0. The fourth-order valence-corrected chi connectivity index (χ4v) is 3.47. The van der Waals surface area contributed by atoms with Crippen LogP contribution < -0.4 is 4.90 Å². The van der Waals surface area contributed by atoms with Gasteiger partial charge in [0.25, 0.3) is 0 Å². The molecular formula is C12H18N2OS. The molecule has 1 fully saturated rings. The van der Waals surface area contributed by atoms with E-state index in [-0.39, 0.29) is 0 Å². The van der Waals surface area contributed by atoms with Gasteiger partial charge in [0.05, 0.1) is 10.6 Å². The lowest BCUT2D eigenvalue weighted by atomic mass is 10.1. The molecular weight excluding hydrogens is 220 g/mol. The third kappa shape index (κ3) is 1.98. The van der Waals surface area contributed by atoms with Crippen molar-refractivity contribution in [1.82, 2.24) is 4.98 Å². The molecule has 0 aromatic carbocycles. The summed E-state index contributed by atoms with van der Waals surface area (Å²) in [5, 5.41) is 1.02. The predicted molar refractivity (Wildman–Crippen MR) is 67.5 cm³/mol. The molecule has 0 amide bonds. The molecule has 0 radical (unpaired) electrons. The Balaban J connectivity index is 2.27. The van der Waals surface area contributed by atoms with Crippen molar-refractivity contribution in [2.75, 3.05) is 11.4 Å². The van der Waals surface area contributed by atoms with Crippen LogP contribution in [0.2, 0.25) is 0 Å². The normalized spacial score (nSPS) is 25.1. The van der Waals surface area contributed by atoms with E-state index in [9.17, 15) is 4.79 Å². The van der Waals surface area contributed by atoms with Crippen molar-refractivity contribution in [3.05, 3.63) is 10.6 Å². The molecule has 1 aromatic heterocycles. The van der Waals surface area contributed by atoms with Gasteiger partial charge in [-0.25, -0.2) is 4.98 Å². The second-order valence-corrected chi connectivity index (χ2v) is 5.63. The summed E-state index contributed by atoms with van der Waals surface area (Å²) in [6.45, 7) is 7.61. The summed E-state index contributed by atoms with van der Waals surface area (Å²) in [5.41, 5.74) is 0.946. The minimum absolute atomic E-state index is 0.547. The van der Waals surface area contributed by atoms with Crippen molar-refractivity contribution in [1.29, 1.82) is 0 Å². The highest BCUT2D eigenvalue weighted by Gasteiger charge is 2.28. The lowest BCUT2D eigenvalue weighted by Gasteiger charge is -2.19. The van der Waals surface area contributed by atoms with E-state index in [1.807, 2.05) is 6.92 Å². The first-order valence-corrected chi connectivity index (χ1v) is 6.68. The Morgan fingerprint density at radius 2 is 2.31 bits per heavy atom. The number of anilines is 1. The van der Waals surface area contributed by atoms with Crippen LogP contribution in [0.1, 0.15) is 42.6 Å². The smallest absolute Gasteiger partial charge is 0.186 e. The van der Waals surface area contributed by atoms with Crippen LogP contribution in [0.4, 0.5) is 5.13 Å². The van der Waals surface area contributed by atoms with Crippen LogP contribution in [-0.2, 0) is 6.42 Å². The molecule has 2 atom stereocenters. The highest BCUT2D eigenvalue weighted by atomic mass is 32.1. The number of rotatable bonds is 3. The van der Waals surface area contributed by atoms with Crippen molar-refractivity contribution >= 4 is 22.8 Å². The van der Waals surface area contributed by atoms with Crippen LogP contribution in [-0.4, -0.2) is 23.9 Å². The highest BCUT2D eigenvalue weighted by molar-refractivity contribution is 7.17. The fraction of sp³-hybridized carbons (Fsp3) is 0.667. The molecule has 0 bridgehead atoms. The molecule has 0 N–H and O–H groups in total. The van der Waals surface area contributed by atoms with E-state index in [1.165, 1.54) is 17.8 Å². The minimum atomic E-state index is 0.547. The number of carbonyl (C=O) groups is 1. The van der Waals surface area contributed by atoms with Gasteiger partial charge in [0, 0.05) is 12.6 Å². The molecule has 1 aromatic rings. The molecule has 0 spiro atoms. The Morgan fingerprint density at radius 1 is 1.56 bits per heavy atom. The molecule has 3 nitrogen and oxygen atoms in total. The number of aryl methyl sites for hydroxylation is 1. The fourth-order valence-electron chi connectivity index (χ4n) is 2.39. The molecule has 2 heterocycles.